The Balaban J connectivity index is 1.50. The zero-order valence-corrected chi connectivity index (χ0v) is 17.9. The lowest BCUT2D eigenvalue weighted by atomic mass is 10.1. The second-order valence-electron chi connectivity index (χ2n) is 7.93. The third-order valence-corrected chi connectivity index (χ3v) is 7.23. The average molecular weight is 434 g/mol. The van der Waals surface area contributed by atoms with Crippen molar-refractivity contribution in [3.05, 3.63) is 66.9 Å². The summed E-state index contributed by atoms with van der Waals surface area (Å²) in [6.07, 6.45) is 2.62. The summed E-state index contributed by atoms with van der Waals surface area (Å²) in [5.41, 5.74) is 2.84. The van der Waals surface area contributed by atoms with Crippen molar-refractivity contribution >= 4 is 50.0 Å². The SMILES string of the molecule is Cn1ccc2c(S(=O)Nc3ccc(N4CC[C@@H](C(=O)O)C4)c4ccccc34)cccc21. The van der Waals surface area contributed by atoms with Crippen LogP contribution in [0.2, 0.25) is 0 Å². The van der Waals surface area contributed by atoms with Gasteiger partial charge in [-0.1, -0.05) is 30.3 Å². The van der Waals surface area contributed by atoms with Crippen LogP contribution in [0.3, 0.4) is 0 Å². The number of rotatable bonds is 5. The van der Waals surface area contributed by atoms with Gasteiger partial charge < -0.3 is 19.3 Å². The minimum Gasteiger partial charge on any atom is -0.481 e. The van der Waals surface area contributed by atoms with Gasteiger partial charge in [-0.2, -0.15) is 0 Å². The monoisotopic (exact) mass is 433 g/mol. The number of carboxylic acid groups (broad SMARTS) is 1. The summed E-state index contributed by atoms with van der Waals surface area (Å²) >= 11 is 0. The Labute approximate surface area is 182 Å². The number of aryl methyl sites for hydroxylation is 1. The van der Waals surface area contributed by atoms with Gasteiger partial charge in [0.15, 0.2) is 11.0 Å². The van der Waals surface area contributed by atoms with Gasteiger partial charge in [0.1, 0.15) is 0 Å². The molecular formula is C24H23N3O3S. The maximum absolute atomic E-state index is 13.3. The first-order valence-corrected chi connectivity index (χ1v) is 11.4. The zero-order chi connectivity index (χ0) is 21.5. The van der Waals surface area contributed by atoms with E-state index in [1.807, 2.05) is 78.5 Å². The number of aromatic nitrogens is 1. The number of fused-ring (bicyclic) bond motifs is 2. The highest BCUT2D eigenvalue weighted by atomic mass is 32.2. The molecular weight excluding hydrogens is 410 g/mol. The van der Waals surface area contributed by atoms with E-state index in [0.29, 0.717) is 13.0 Å². The van der Waals surface area contributed by atoms with Crippen molar-refractivity contribution in [3.63, 3.8) is 0 Å². The predicted octanol–water partition coefficient (Wildman–Crippen LogP) is 4.38. The lowest BCUT2D eigenvalue weighted by Gasteiger charge is -2.22. The van der Waals surface area contributed by atoms with Gasteiger partial charge in [-0.3, -0.25) is 4.79 Å². The fourth-order valence-corrected chi connectivity index (χ4v) is 5.48. The highest BCUT2D eigenvalue weighted by Crippen LogP contribution is 2.36. The van der Waals surface area contributed by atoms with Crippen LogP contribution in [0.4, 0.5) is 11.4 Å². The number of nitrogens with one attached hydrogen (secondary N) is 1. The fourth-order valence-electron chi connectivity index (χ4n) is 4.42. The van der Waals surface area contributed by atoms with E-state index in [4.69, 9.17) is 0 Å². The van der Waals surface area contributed by atoms with Crippen molar-refractivity contribution in [3.8, 4) is 0 Å². The van der Waals surface area contributed by atoms with Crippen LogP contribution in [-0.4, -0.2) is 32.9 Å². The second-order valence-corrected chi connectivity index (χ2v) is 9.12. The molecule has 1 unspecified atom stereocenters. The van der Waals surface area contributed by atoms with Crippen LogP contribution >= 0.6 is 0 Å². The Morgan fingerprint density at radius 2 is 1.84 bits per heavy atom. The van der Waals surface area contributed by atoms with Crippen molar-refractivity contribution in [1.29, 1.82) is 0 Å². The molecule has 2 atom stereocenters. The zero-order valence-electron chi connectivity index (χ0n) is 17.1. The number of carboxylic acids is 1. The maximum Gasteiger partial charge on any atom is 0.308 e. The highest BCUT2D eigenvalue weighted by molar-refractivity contribution is 7.86. The summed E-state index contributed by atoms with van der Waals surface area (Å²) in [7, 11) is 0.547. The van der Waals surface area contributed by atoms with Gasteiger partial charge in [0, 0.05) is 53.7 Å². The lowest BCUT2D eigenvalue weighted by Crippen LogP contribution is -2.22. The minimum absolute atomic E-state index is 0.338. The normalized spacial score (nSPS) is 17.3. The summed E-state index contributed by atoms with van der Waals surface area (Å²) in [4.78, 5) is 14.3. The molecule has 1 aromatic heterocycles. The first-order valence-electron chi connectivity index (χ1n) is 10.2. The van der Waals surface area contributed by atoms with E-state index in [0.717, 1.165) is 44.5 Å². The number of benzene rings is 3. The molecule has 0 bridgehead atoms. The summed E-state index contributed by atoms with van der Waals surface area (Å²) < 4.78 is 18.5. The molecule has 0 radical (unpaired) electrons. The van der Waals surface area contributed by atoms with Gasteiger partial charge in [0.05, 0.1) is 16.5 Å². The van der Waals surface area contributed by atoms with E-state index in [2.05, 4.69) is 9.62 Å². The predicted molar refractivity (Wildman–Crippen MR) is 125 cm³/mol. The summed E-state index contributed by atoms with van der Waals surface area (Å²) in [6.45, 7) is 1.23. The van der Waals surface area contributed by atoms with E-state index in [1.54, 1.807) is 0 Å². The van der Waals surface area contributed by atoms with Gasteiger partial charge in [0.2, 0.25) is 0 Å². The van der Waals surface area contributed by atoms with Crippen LogP contribution < -0.4 is 9.62 Å². The molecule has 1 aliphatic rings. The average Bonchev–Trinajstić information content (AvgIpc) is 3.41. The van der Waals surface area contributed by atoms with Gasteiger partial charge in [-0.05, 0) is 36.8 Å². The molecule has 1 aliphatic heterocycles. The maximum atomic E-state index is 13.3. The Kier molecular flexibility index (Phi) is 4.90. The van der Waals surface area contributed by atoms with E-state index in [-0.39, 0.29) is 5.92 Å². The molecule has 0 amide bonds. The topological polar surface area (TPSA) is 74.6 Å². The Morgan fingerprint density at radius 1 is 1.03 bits per heavy atom. The Morgan fingerprint density at radius 3 is 2.61 bits per heavy atom. The first-order chi connectivity index (χ1) is 15.0. The third-order valence-electron chi connectivity index (χ3n) is 6.07. The molecule has 0 aliphatic carbocycles. The van der Waals surface area contributed by atoms with Crippen LogP contribution in [0, 0.1) is 5.92 Å². The van der Waals surface area contributed by atoms with E-state index >= 15 is 0 Å². The molecule has 0 spiro atoms. The van der Waals surface area contributed by atoms with Crippen molar-refractivity contribution in [1.82, 2.24) is 4.57 Å². The molecule has 31 heavy (non-hydrogen) atoms. The van der Waals surface area contributed by atoms with Crippen LogP contribution in [-0.2, 0) is 22.8 Å². The van der Waals surface area contributed by atoms with E-state index in [1.165, 1.54) is 0 Å². The number of carbonyl (C=O) groups is 1. The summed E-state index contributed by atoms with van der Waals surface area (Å²) in [6, 6.07) is 19.7. The first kappa shape index (κ1) is 19.6. The highest BCUT2D eigenvalue weighted by Gasteiger charge is 2.29. The molecule has 2 heterocycles. The van der Waals surface area contributed by atoms with E-state index < -0.39 is 17.0 Å². The summed E-state index contributed by atoms with van der Waals surface area (Å²) in [5.74, 6) is -1.08. The molecule has 5 rings (SSSR count). The molecule has 1 saturated heterocycles. The van der Waals surface area contributed by atoms with Crippen LogP contribution in [0.5, 0.6) is 0 Å². The molecule has 1 fully saturated rings. The number of hydrogen-bond acceptors (Lipinski definition) is 3. The van der Waals surface area contributed by atoms with Gasteiger partial charge in [0.25, 0.3) is 0 Å². The Bertz CT molecular complexity index is 1330. The van der Waals surface area contributed by atoms with Crippen molar-refractivity contribution in [2.45, 2.75) is 11.3 Å². The molecule has 7 heteroatoms. The lowest BCUT2D eigenvalue weighted by molar-refractivity contribution is -0.140. The number of anilines is 2. The van der Waals surface area contributed by atoms with Gasteiger partial charge in [-0.15, -0.1) is 0 Å². The fraction of sp³-hybridized carbons (Fsp3) is 0.208. The molecule has 4 aromatic rings. The molecule has 158 valence electrons. The number of nitrogens with zero attached hydrogens (tertiary/aromatic N) is 2. The number of aliphatic carboxylic acids is 1. The van der Waals surface area contributed by atoms with Crippen LogP contribution in [0.15, 0.2) is 71.8 Å². The second kappa shape index (κ2) is 7.74. The molecule has 6 nitrogen and oxygen atoms in total. The number of hydrogen-bond donors (Lipinski definition) is 2. The molecule has 3 aromatic carbocycles. The quantitative estimate of drug-likeness (QED) is 0.490. The van der Waals surface area contributed by atoms with Crippen LogP contribution in [0.1, 0.15) is 6.42 Å². The summed E-state index contributed by atoms with van der Waals surface area (Å²) in [5, 5.41) is 12.3. The van der Waals surface area contributed by atoms with Crippen LogP contribution in [0.25, 0.3) is 21.7 Å². The van der Waals surface area contributed by atoms with E-state index in [9.17, 15) is 14.1 Å². The largest absolute Gasteiger partial charge is 0.481 e. The van der Waals surface area contributed by atoms with Crippen molar-refractivity contribution in [2.24, 2.45) is 13.0 Å². The van der Waals surface area contributed by atoms with Gasteiger partial charge >= 0.3 is 5.97 Å². The Hall–Kier alpha value is -3.32. The van der Waals surface area contributed by atoms with Crippen molar-refractivity contribution < 1.29 is 14.1 Å². The standard InChI is InChI=1S/C24H23N3O3S/c1-26-13-12-19-21(26)7-4-8-23(19)31(30)25-20-9-10-22(18-6-3-2-5-17(18)20)27-14-11-16(15-27)24(28)29/h2-10,12-13,16,25H,11,14-15H2,1H3,(H,28,29)/t16-,31?/m1/s1. The molecule has 0 saturated carbocycles. The van der Waals surface area contributed by atoms with Crippen molar-refractivity contribution in [2.75, 3.05) is 22.7 Å². The third kappa shape index (κ3) is 3.45. The van der Waals surface area contributed by atoms with Gasteiger partial charge in [-0.25, -0.2) is 4.21 Å². The minimum atomic E-state index is -1.43. The smallest absolute Gasteiger partial charge is 0.308 e. The molecule has 2 N–H and O–H groups in total.